The number of ether oxygens (including phenoxy) is 2. The number of methoxy groups -OCH3 is 1. The van der Waals surface area contributed by atoms with Crippen molar-refractivity contribution in [1.29, 1.82) is 0 Å². The van der Waals surface area contributed by atoms with Crippen LogP contribution in [0.2, 0.25) is 10.0 Å². The Bertz CT molecular complexity index is 2720. The zero-order chi connectivity index (χ0) is 59.2. The molecule has 78 heavy (non-hydrogen) atoms. The molecule has 0 spiro atoms. The monoisotopic (exact) mass is 1160 g/mol. The molecule has 6 unspecified atom stereocenters. The fraction of sp³-hybridized carbons (Fsp3) is 0.520. The quantitative estimate of drug-likeness (QED) is 0.0371. The summed E-state index contributed by atoms with van der Waals surface area (Å²) in [4.78, 5) is 94.4. The molecule has 1 saturated heterocycles. The summed E-state index contributed by atoms with van der Waals surface area (Å²) in [6.45, 7) is 1.47. The molecule has 0 aromatic heterocycles. The molecule has 6 N–H and O–H groups in total. The van der Waals surface area contributed by atoms with E-state index in [0.717, 1.165) is 13.8 Å². The Hall–Kier alpha value is -5.96. The Morgan fingerprint density at radius 1 is 0.731 bits per heavy atom. The normalized spacial score (nSPS) is 22.4. The van der Waals surface area contributed by atoms with Crippen molar-refractivity contribution in [2.45, 2.75) is 116 Å². The number of carboxylic acids is 2. The molecule has 0 saturated carbocycles. The molecular weight excluding hydrogens is 1110 g/mol. The third-order valence-electron chi connectivity index (χ3n) is 13.6. The van der Waals surface area contributed by atoms with Gasteiger partial charge >= 0.3 is 48.2 Å². The van der Waals surface area contributed by atoms with Crippen LogP contribution < -0.4 is 11.5 Å². The molecule has 2 aliphatic heterocycles. The Kier molecular flexibility index (Phi) is 21.4. The number of aliphatic carboxylic acids is 2. The first-order valence-corrected chi connectivity index (χ1v) is 24.6. The van der Waals surface area contributed by atoms with Gasteiger partial charge in [-0.3, -0.25) is 9.59 Å². The zero-order valence-electron chi connectivity index (χ0n) is 42.6. The van der Waals surface area contributed by atoms with Gasteiger partial charge in [0, 0.05) is 29.2 Å². The predicted molar refractivity (Wildman–Crippen MR) is 257 cm³/mol. The van der Waals surface area contributed by atoms with E-state index in [0.29, 0.717) is 43.4 Å². The summed E-state index contributed by atoms with van der Waals surface area (Å²) in [6.07, 6.45) is -13.1. The van der Waals surface area contributed by atoms with Gasteiger partial charge in [0.2, 0.25) is 0 Å². The second-order valence-corrected chi connectivity index (χ2v) is 19.6. The van der Waals surface area contributed by atoms with Crippen molar-refractivity contribution in [1.82, 2.24) is 10.1 Å². The van der Waals surface area contributed by atoms with E-state index in [2.05, 4.69) is 0 Å². The van der Waals surface area contributed by atoms with E-state index in [4.69, 9.17) is 53.8 Å². The summed E-state index contributed by atoms with van der Waals surface area (Å²) >= 11 is 12.0. The van der Waals surface area contributed by atoms with Crippen LogP contribution in [-0.2, 0) is 60.3 Å². The molecule has 0 amide bonds. The number of unbranched alkanes of at least 4 members (excludes halogenated alkanes) is 2. The van der Waals surface area contributed by atoms with Gasteiger partial charge in [0.1, 0.15) is 30.7 Å². The van der Waals surface area contributed by atoms with Gasteiger partial charge in [0.05, 0.1) is 80.1 Å². The van der Waals surface area contributed by atoms with Gasteiger partial charge in [-0.25, -0.2) is 36.7 Å². The third-order valence-corrected chi connectivity index (χ3v) is 14.2. The lowest BCUT2D eigenvalue weighted by Crippen LogP contribution is -2.73. The Morgan fingerprint density at radius 3 is 1.68 bits per heavy atom. The van der Waals surface area contributed by atoms with Crippen LogP contribution >= 0.6 is 23.2 Å². The summed E-state index contributed by atoms with van der Waals surface area (Å²) < 4.78 is 164. The van der Waals surface area contributed by atoms with E-state index in [1.54, 1.807) is 0 Å². The van der Waals surface area contributed by atoms with Gasteiger partial charge in [0.15, 0.2) is 0 Å². The van der Waals surface area contributed by atoms with Gasteiger partial charge < -0.3 is 40.8 Å². The highest BCUT2D eigenvalue weighted by atomic mass is 35.5. The summed E-state index contributed by atoms with van der Waals surface area (Å²) in [5.74, 6) is -21.3. The SMILES string of the molecule is COC(=O)C1=C(CF)N(OC(=O)/C=C\C(=O)ON2C(CF)C(C)(C(=O)O)C(c3c(F)ccc(Cl)c3C(F)(F)F)C(C(=O)O)(C(C)C)C2CCCCN)C(CCCCN)=C(C(=O)OC(C)C)C1c1c(F)ccc(Cl)c1C(F)(F)F. The number of carbonyl (C=O) groups is 6. The van der Waals surface area contributed by atoms with Gasteiger partial charge in [-0.1, -0.05) is 43.5 Å². The zero-order valence-corrected chi connectivity index (χ0v) is 44.1. The minimum absolute atomic E-state index is 0.0413. The number of halogens is 12. The van der Waals surface area contributed by atoms with Crippen LogP contribution in [0.3, 0.4) is 0 Å². The molecule has 2 aromatic rings. The Morgan fingerprint density at radius 2 is 1.23 bits per heavy atom. The summed E-state index contributed by atoms with van der Waals surface area (Å²) in [6, 6.07) is -2.57. The van der Waals surface area contributed by atoms with E-state index in [-0.39, 0.29) is 56.0 Å². The van der Waals surface area contributed by atoms with Crippen LogP contribution in [-0.4, -0.2) is 108 Å². The minimum atomic E-state index is -5.58. The van der Waals surface area contributed by atoms with Gasteiger partial charge in [-0.05, 0) is 96.1 Å². The van der Waals surface area contributed by atoms with E-state index in [9.17, 15) is 52.2 Å². The van der Waals surface area contributed by atoms with Crippen LogP contribution in [0.4, 0.5) is 43.9 Å². The number of carbonyl (C=O) groups excluding carboxylic acids is 4. The van der Waals surface area contributed by atoms with Crippen LogP contribution in [0.15, 0.2) is 59.0 Å². The average Bonchev–Trinajstić information content (AvgIpc) is 3.40. The van der Waals surface area contributed by atoms with Crippen molar-refractivity contribution in [3.8, 4) is 0 Å². The van der Waals surface area contributed by atoms with Crippen LogP contribution in [0.1, 0.15) is 107 Å². The van der Waals surface area contributed by atoms with Crippen LogP contribution in [0.25, 0.3) is 0 Å². The highest BCUT2D eigenvalue weighted by molar-refractivity contribution is 6.32. The molecule has 28 heteroatoms. The lowest BCUT2D eigenvalue weighted by atomic mass is 9.47. The number of hydrogen-bond donors (Lipinski definition) is 4. The van der Waals surface area contributed by atoms with Crippen LogP contribution in [0.5, 0.6) is 0 Å². The molecule has 2 heterocycles. The molecule has 2 aliphatic rings. The number of benzene rings is 2. The fourth-order valence-corrected chi connectivity index (χ4v) is 10.9. The second-order valence-electron chi connectivity index (χ2n) is 18.8. The largest absolute Gasteiger partial charge is 0.481 e. The maximum absolute atomic E-state index is 16.3. The maximum atomic E-state index is 16.3. The number of nitrogens with two attached hydrogens (primary N) is 2. The third kappa shape index (κ3) is 12.6. The lowest BCUT2D eigenvalue weighted by molar-refractivity contribution is -0.283. The predicted octanol–water partition coefficient (Wildman–Crippen LogP) is 9.67. The van der Waals surface area contributed by atoms with Crippen LogP contribution in [0, 0.1) is 28.4 Å². The van der Waals surface area contributed by atoms with Crippen molar-refractivity contribution in [3.63, 3.8) is 0 Å². The number of piperidine rings is 1. The lowest BCUT2D eigenvalue weighted by Gasteiger charge is -2.61. The molecule has 0 radical (unpaired) electrons. The maximum Gasteiger partial charge on any atom is 0.418 e. The molecule has 432 valence electrons. The van der Waals surface area contributed by atoms with Crippen molar-refractivity contribution in [3.05, 3.63) is 103 Å². The number of hydroxylamine groups is 4. The average molecular weight is 1170 g/mol. The number of allylic oxidation sites excluding steroid dienone is 2. The Labute approximate surface area is 450 Å². The fourth-order valence-electron chi connectivity index (χ4n) is 10.4. The number of alkyl halides is 8. The van der Waals surface area contributed by atoms with Gasteiger partial charge in [-0.2, -0.15) is 31.4 Å². The van der Waals surface area contributed by atoms with Crippen molar-refractivity contribution in [2.75, 3.05) is 33.5 Å². The van der Waals surface area contributed by atoms with E-state index in [1.807, 2.05) is 0 Å². The minimum Gasteiger partial charge on any atom is -0.481 e. The number of carboxylic acid groups (broad SMARTS) is 2. The van der Waals surface area contributed by atoms with Crippen molar-refractivity contribution >= 4 is 59.0 Å². The highest BCUT2D eigenvalue weighted by Gasteiger charge is 2.73. The topological polar surface area (TPSA) is 238 Å². The Balaban J connectivity index is 2.01. The molecule has 4 rings (SSSR count). The van der Waals surface area contributed by atoms with E-state index < -0.39 is 188 Å². The first-order valence-electron chi connectivity index (χ1n) is 23.9. The van der Waals surface area contributed by atoms with E-state index in [1.165, 1.54) is 13.8 Å². The molecule has 16 nitrogen and oxygen atoms in total. The molecular formula is C50H56Cl2F10N4O12. The molecule has 0 bridgehead atoms. The smallest absolute Gasteiger partial charge is 0.418 e. The number of esters is 2. The van der Waals surface area contributed by atoms with Gasteiger partial charge in [0.25, 0.3) is 0 Å². The number of hydrogen-bond acceptors (Lipinski definition) is 14. The van der Waals surface area contributed by atoms with Gasteiger partial charge in [-0.15, -0.1) is 5.06 Å². The number of rotatable bonds is 22. The molecule has 1 fully saturated rings. The molecule has 6 atom stereocenters. The van der Waals surface area contributed by atoms with Crippen molar-refractivity contribution in [2.24, 2.45) is 28.2 Å². The first kappa shape index (κ1) is 64.6. The van der Waals surface area contributed by atoms with E-state index >= 15 is 30.7 Å². The summed E-state index contributed by atoms with van der Waals surface area (Å²) in [5, 5.41) is 20.5. The highest BCUT2D eigenvalue weighted by Crippen LogP contribution is 2.64. The summed E-state index contributed by atoms with van der Waals surface area (Å²) in [5.41, 5.74) is -5.78. The number of nitrogens with zero attached hydrogens (tertiary/aromatic N) is 2. The molecule has 0 aliphatic carbocycles. The first-order chi connectivity index (χ1) is 36.3. The van der Waals surface area contributed by atoms with Crippen molar-refractivity contribution < 1.29 is 102 Å². The second kappa shape index (κ2) is 25.9. The standard InChI is InChI=1S/C50H56Cl2F10N4O12/c1-23(2)48(46(73)74)31(12-8-10-20-64)66(32(22-54)47(5,45(71)72)42(48)36-28(56)16-14-26(52)41(36)50(60,61)62)78-34(68)18-17-33(67)77-65-29(11-7-9-19-63)37(44(70)76-24(3)4)39(38(30(65)21-53)43(69)75-6)35-27(55)15-13-25(51)40(35)49(57,58)59/h13-18,23-24,31-32,39,42H,7-12,19-22,63-64H2,1-6H3,(H,71,72)(H,73,74)/b18-17-. The summed E-state index contributed by atoms with van der Waals surface area (Å²) in [7, 11) is 0.688. The molecule has 2 aromatic carbocycles.